The lowest BCUT2D eigenvalue weighted by molar-refractivity contribution is -0.0500. The van der Waals surface area contributed by atoms with Crippen molar-refractivity contribution in [2.75, 3.05) is 7.05 Å². The summed E-state index contributed by atoms with van der Waals surface area (Å²) < 4.78 is 29.9. The van der Waals surface area contributed by atoms with Gasteiger partial charge in [0.2, 0.25) is 0 Å². The van der Waals surface area contributed by atoms with Gasteiger partial charge in [0, 0.05) is 16.1 Å². The first-order valence-electron chi connectivity index (χ1n) is 5.54. The highest BCUT2D eigenvalue weighted by atomic mass is 79.9. The Balaban J connectivity index is 3.09. The van der Waals surface area contributed by atoms with E-state index in [0.717, 1.165) is 10.0 Å². The Hall–Kier alpha value is -0.940. The molecule has 1 N–H and O–H groups in total. The zero-order chi connectivity index (χ0) is 13.7. The summed E-state index contributed by atoms with van der Waals surface area (Å²) in [6.07, 6.45) is 1.84. The van der Waals surface area contributed by atoms with Crippen LogP contribution >= 0.6 is 15.9 Å². The van der Waals surface area contributed by atoms with Crippen molar-refractivity contribution >= 4 is 22.0 Å². The second kappa shape index (κ2) is 6.85. The molecule has 0 radical (unpaired) electrons. The Bertz CT molecular complexity index is 435. The number of hydrogen-bond acceptors (Lipinski definition) is 2. The van der Waals surface area contributed by atoms with E-state index in [4.69, 9.17) is 0 Å². The third-order valence-electron chi connectivity index (χ3n) is 2.69. The molecule has 1 aromatic rings. The predicted octanol–water partition coefficient (Wildman–Crippen LogP) is 4.06. The maximum atomic E-state index is 12.3. The number of hydrogen-bond donors (Lipinski definition) is 1. The first kappa shape index (κ1) is 15.1. The third kappa shape index (κ3) is 4.38. The maximum Gasteiger partial charge on any atom is 0.387 e. The highest BCUT2D eigenvalue weighted by Gasteiger charge is 2.10. The second-order valence-corrected chi connectivity index (χ2v) is 4.88. The summed E-state index contributed by atoms with van der Waals surface area (Å²) in [5.41, 5.74) is 1.67. The van der Waals surface area contributed by atoms with Crippen molar-refractivity contribution < 1.29 is 13.5 Å². The summed E-state index contributed by atoms with van der Waals surface area (Å²) in [5, 5.41) is 3.09. The average Bonchev–Trinajstić information content (AvgIpc) is 2.31. The van der Waals surface area contributed by atoms with Crippen LogP contribution in [0.2, 0.25) is 0 Å². The first-order chi connectivity index (χ1) is 8.43. The van der Waals surface area contributed by atoms with E-state index in [1.165, 1.54) is 6.07 Å². The zero-order valence-corrected chi connectivity index (χ0v) is 12.1. The Labute approximate surface area is 114 Å². The monoisotopic (exact) mass is 319 g/mol. The quantitative estimate of drug-likeness (QED) is 0.883. The van der Waals surface area contributed by atoms with Gasteiger partial charge >= 0.3 is 6.61 Å². The van der Waals surface area contributed by atoms with E-state index in [0.29, 0.717) is 5.56 Å². The molecule has 0 aromatic heterocycles. The minimum Gasteiger partial charge on any atom is -0.434 e. The molecule has 2 nitrogen and oxygen atoms in total. The molecule has 18 heavy (non-hydrogen) atoms. The molecule has 100 valence electrons. The van der Waals surface area contributed by atoms with Crippen LogP contribution in [0.25, 0.3) is 6.08 Å². The van der Waals surface area contributed by atoms with Gasteiger partial charge in [-0.25, -0.2) is 0 Å². The third-order valence-corrected chi connectivity index (χ3v) is 3.18. The smallest absolute Gasteiger partial charge is 0.387 e. The Morgan fingerprint density at radius 1 is 1.44 bits per heavy atom. The lowest BCUT2D eigenvalue weighted by atomic mass is 10.1. The number of alkyl halides is 2. The summed E-state index contributed by atoms with van der Waals surface area (Å²) in [4.78, 5) is 0. The van der Waals surface area contributed by atoms with Gasteiger partial charge < -0.3 is 10.1 Å². The van der Waals surface area contributed by atoms with E-state index in [1.807, 2.05) is 27.0 Å². The summed E-state index contributed by atoms with van der Waals surface area (Å²) in [6, 6.07) is 5.12. The molecule has 0 aliphatic carbocycles. The zero-order valence-electron chi connectivity index (χ0n) is 10.5. The van der Waals surface area contributed by atoms with Crippen LogP contribution < -0.4 is 10.1 Å². The summed E-state index contributed by atoms with van der Waals surface area (Å²) in [5.74, 6) is 0.177. The normalized spacial score (nSPS) is 13.8. The van der Waals surface area contributed by atoms with Crippen molar-refractivity contribution in [3.8, 4) is 5.75 Å². The highest BCUT2D eigenvalue weighted by molar-refractivity contribution is 9.10. The van der Waals surface area contributed by atoms with Crippen molar-refractivity contribution in [2.24, 2.45) is 0 Å². The molecular weight excluding hydrogens is 304 g/mol. The Kier molecular flexibility index (Phi) is 5.75. The van der Waals surface area contributed by atoms with E-state index in [-0.39, 0.29) is 11.8 Å². The van der Waals surface area contributed by atoms with E-state index in [1.54, 1.807) is 12.1 Å². The number of benzene rings is 1. The average molecular weight is 320 g/mol. The fraction of sp³-hybridized carbons (Fsp3) is 0.385. The Morgan fingerprint density at radius 3 is 2.67 bits per heavy atom. The highest BCUT2D eigenvalue weighted by Crippen LogP contribution is 2.27. The van der Waals surface area contributed by atoms with E-state index in [2.05, 4.69) is 26.0 Å². The maximum absolute atomic E-state index is 12.3. The summed E-state index contributed by atoms with van der Waals surface area (Å²) >= 11 is 3.32. The van der Waals surface area contributed by atoms with Crippen LogP contribution in [-0.4, -0.2) is 19.7 Å². The van der Waals surface area contributed by atoms with Crippen molar-refractivity contribution in [1.29, 1.82) is 0 Å². The van der Waals surface area contributed by atoms with Crippen LogP contribution in [0.1, 0.15) is 19.4 Å². The van der Waals surface area contributed by atoms with E-state index < -0.39 is 6.61 Å². The van der Waals surface area contributed by atoms with Crippen molar-refractivity contribution in [3.05, 3.63) is 33.8 Å². The minimum absolute atomic E-state index is 0.170. The van der Waals surface area contributed by atoms with Crippen LogP contribution in [0.4, 0.5) is 8.78 Å². The fourth-order valence-corrected chi connectivity index (χ4v) is 1.81. The fourth-order valence-electron chi connectivity index (χ4n) is 1.43. The molecule has 0 saturated heterocycles. The molecule has 1 rings (SSSR count). The van der Waals surface area contributed by atoms with Gasteiger partial charge in [-0.15, -0.1) is 0 Å². The summed E-state index contributed by atoms with van der Waals surface area (Å²) in [6.45, 7) is 1.12. The summed E-state index contributed by atoms with van der Waals surface area (Å²) in [7, 11) is 1.85. The van der Waals surface area contributed by atoms with Crippen LogP contribution in [0.15, 0.2) is 28.2 Å². The topological polar surface area (TPSA) is 21.3 Å². The molecule has 0 bridgehead atoms. The van der Waals surface area contributed by atoms with Crippen molar-refractivity contribution in [3.63, 3.8) is 0 Å². The van der Waals surface area contributed by atoms with Gasteiger partial charge in [0.15, 0.2) is 0 Å². The molecule has 1 unspecified atom stereocenters. The molecule has 0 amide bonds. The van der Waals surface area contributed by atoms with Gasteiger partial charge in [-0.3, -0.25) is 0 Å². The minimum atomic E-state index is -2.82. The van der Waals surface area contributed by atoms with Crippen LogP contribution in [0.3, 0.4) is 0 Å². The number of ether oxygens (including phenoxy) is 1. The van der Waals surface area contributed by atoms with E-state index >= 15 is 0 Å². The van der Waals surface area contributed by atoms with Gasteiger partial charge in [0.1, 0.15) is 5.75 Å². The van der Waals surface area contributed by atoms with Gasteiger partial charge in [0.25, 0.3) is 0 Å². The largest absolute Gasteiger partial charge is 0.434 e. The molecule has 0 aliphatic rings. The molecule has 0 saturated carbocycles. The van der Waals surface area contributed by atoms with Gasteiger partial charge in [-0.05, 0) is 39.1 Å². The SMILES string of the molecule is CNC(C)/C(C)=C/c1cc(Br)ccc1OC(F)F. The van der Waals surface area contributed by atoms with Crippen molar-refractivity contribution in [2.45, 2.75) is 26.5 Å². The lowest BCUT2D eigenvalue weighted by Crippen LogP contribution is -2.22. The van der Waals surface area contributed by atoms with Crippen LogP contribution in [-0.2, 0) is 0 Å². The first-order valence-corrected chi connectivity index (χ1v) is 6.33. The molecule has 0 aliphatic heterocycles. The Morgan fingerprint density at radius 2 is 2.11 bits per heavy atom. The number of likely N-dealkylation sites (N-methyl/N-ethyl adjacent to an activating group) is 1. The van der Waals surface area contributed by atoms with Crippen molar-refractivity contribution in [1.82, 2.24) is 5.32 Å². The number of halogens is 3. The molecule has 5 heteroatoms. The molecule has 1 aromatic carbocycles. The molecule has 0 spiro atoms. The lowest BCUT2D eigenvalue weighted by Gasteiger charge is -2.13. The molecule has 0 fully saturated rings. The molecule has 1 atom stereocenters. The van der Waals surface area contributed by atoms with Crippen LogP contribution in [0, 0.1) is 0 Å². The number of nitrogens with one attached hydrogen (secondary N) is 1. The van der Waals surface area contributed by atoms with Gasteiger partial charge in [0.05, 0.1) is 0 Å². The predicted molar refractivity (Wildman–Crippen MR) is 72.9 cm³/mol. The molecule has 0 heterocycles. The van der Waals surface area contributed by atoms with Gasteiger partial charge in [-0.1, -0.05) is 27.6 Å². The van der Waals surface area contributed by atoms with Gasteiger partial charge in [-0.2, -0.15) is 8.78 Å². The number of rotatable bonds is 5. The van der Waals surface area contributed by atoms with E-state index in [9.17, 15) is 8.78 Å². The molecular formula is C13H16BrF2NO. The second-order valence-electron chi connectivity index (χ2n) is 3.96. The standard InChI is InChI=1S/C13H16BrF2NO/c1-8(9(2)17-3)6-10-7-11(14)4-5-12(10)18-13(15)16/h4-7,9,13,17H,1-3H3/b8-6+. The van der Waals surface area contributed by atoms with Crippen LogP contribution in [0.5, 0.6) is 5.75 Å².